The fraction of sp³-hybridized carbons (Fsp3) is 0.154. The van der Waals surface area contributed by atoms with Crippen LogP contribution < -0.4 is 10.6 Å². The summed E-state index contributed by atoms with van der Waals surface area (Å²) in [5, 5.41) is 6.54. The molecular formula is C26H26N4. The van der Waals surface area contributed by atoms with Gasteiger partial charge < -0.3 is 10.6 Å². The van der Waals surface area contributed by atoms with Crippen LogP contribution in [0.4, 0.5) is 28.4 Å². The highest BCUT2D eigenvalue weighted by molar-refractivity contribution is 6.10. The molecule has 2 N–H and O–H groups in total. The minimum atomic E-state index is 0.902. The molecule has 0 saturated heterocycles. The molecule has 0 bridgehead atoms. The van der Waals surface area contributed by atoms with Crippen molar-refractivity contribution in [2.24, 2.45) is 9.98 Å². The number of allylic oxidation sites excluding steroid dienone is 2. The maximum absolute atomic E-state index is 4.78. The number of nitrogens with zero attached hydrogens (tertiary/aromatic N) is 2. The van der Waals surface area contributed by atoms with E-state index in [0.717, 1.165) is 52.7 Å². The second kappa shape index (κ2) is 9.23. The maximum Gasteiger partial charge on any atom is 0.0634 e. The van der Waals surface area contributed by atoms with Gasteiger partial charge >= 0.3 is 0 Å². The molecule has 0 aromatic heterocycles. The molecule has 0 radical (unpaired) electrons. The van der Waals surface area contributed by atoms with Crippen LogP contribution in [0.25, 0.3) is 0 Å². The van der Waals surface area contributed by atoms with Crippen molar-refractivity contribution in [2.75, 3.05) is 17.7 Å². The molecule has 4 heteroatoms. The van der Waals surface area contributed by atoms with Crippen molar-refractivity contribution in [3.63, 3.8) is 0 Å². The Hall–Kier alpha value is -3.66. The molecule has 3 aromatic carbocycles. The fourth-order valence-corrected chi connectivity index (χ4v) is 3.26. The zero-order valence-electron chi connectivity index (χ0n) is 17.4. The van der Waals surface area contributed by atoms with Gasteiger partial charge in [0.15, 0.2) is 0 Å². The third-order valence-electron chi connectivity index (χ3n) is 5.01. The smallest absolute Gasteiger partial charge is 0.0634 e. The van der Waals surface area contributed by atoms with E-state index < -0.39 is 0 Å². The first kappa shape index (κ1) is 19.6. The number of anilines is 3. The van der Waals surface area contributed by atoms with Gasteiger partial charge in [0, 0.05) is 35.5 Å². The second-order valence-electron chi connectivity index (χ2n) is 7.37. The summed E-state index contributed by atoms with van der Waals surface area (Å²) < 4.78 is 0. The average Bonchev–Trinajstić information content (AvgIpc) is 2.78. The normalized spacial score (nSPS) is 16.1. The summed E-state index contributed by atoms with van der Waals surface area (Å²) in [5.74, 6) is 0. The van der Waals surface area contributed by atoms with Crippen molar-refractivity contribution in [3.8, 4) is 0 Å². The minimum Gasteiger partial charge on any atom is -0.388 e. The molecule has 0 heterocycles. The van der Waals surface area contributed by atoms with E-state index >= 15 is 0 Å². The maximum atomic E-state index is 4.78. The van der Waals surface area contributed by atoms with Crippen LogP contribution in [0.3, 0.4) is 0 Å². The van der Waals surface area contributed by atoms with E-state index in [1.54, 1.807) is 0 Å². The number of aliphatic imine (C=N–C) groups is 2. The Morgan fingerprint density at radius 3 is 1.50 bits per heavy atom. The zero-order valence-corrected chi connectivity index (χ0v) is 17.4. The molecule has 0 aliphatic heterocycles. The molecule has 0 fully saturated rings. The Bertz CT molecular complexity index is 1070. The highest BCUT2D eigenvalue weighted by Crippen LogP contribution is 2.23. The summed E-state index contributed by atoms with van der Waals surface area (Å²) in [5.41, 5.74) is 8.60. The van der Waals surface area contributed by atoms with Gasteiger partial charge in [-0.2, -0.15) is 0 Å². The van der Waals surface area contributed by atoms with E-state index in [9.17, 15) is 0 Å². The molecule has 0 saturated carbocycles. The highest BCUT2D eigenvalue weighted by Gasteiger charge is 2.07. The lowest BCUT2D eigenvalue weighted by molar-refractivity contribution is 1.13. The minimum absolute atomic E-state index is 0.902. The summed E-state index contributed by atoms with van der Waals surface area (Å²) in [6, 6.07) is 24.7. The lowest BCUT2D eigenvalue weighted by Crippen LogP contribution is -2.06. The van der Waals surface area contributed by atoms with Gasteiger partial charge in [-0.15, -0.1) is 0 Å². The van der Waals surface area contributed by atoms with Gasteiger partial charge in [0.1, 0.15) is 0 Å². The van der Waals surface area contributed by atoms with Crippen molar-refractivity contribution in [2.45, 2.75) is 19.8 Å². The molecule has 0 unspecified atom stereocenters. The van der Waals surface area contributed by atoms with Crippen LogP contribution in [0.1, 0.15) is 18.4 Å². The average molecular weight is 395 g/mol. The van der Waals surface area contributed by atoms with Crippen LogP contribution >= 0.6 is 0 Å². The Balaban J connectivity index is 1.39. The molecule has 0 spiro atoms. The Morgan fingerprint density at radius 2 is 1.03 bits per heavy atom. The Labute approximate surface area is 178 Å². The Morgan fingerprint density at radius 1 is 0.600 bits per heavy atom. The first-order valence-electron chi connectivity index (χ1n) is 10.2. The molecule has 0 amide bonds. The molecule has 4 nitrogen and oxygen atoms in total. The summed E-state index contributed by atoms with van der Waals surface area (Å²) in [7, 11) is 1.92. The predicted molar refractivity (Wildman–Crippen MR) is 129 cm³/mol. The SMILES string of the molecule is CNc1ccc(Nc2ccc(/N=C3C=C/C(=N/c4ccc(C)cc4)CC\3)cc2)cc1. The van der Waals surface area contributed by atoms with Crippen molar-refractivity contribution < 1.29 is 0 Å². The van der Waals surface area contributed by atoms with Crippen molar-refractivity contribution in [1.29, 1.82) is 0 Å². The third kappa shape index (κ3) is 5.23. The number of hydrogen-bond donors (Lipinski definition) is 2. The van der Waals surface area contributed by atoms with Crippen LogP contribution in [-0.4, -0.2) is 18.5 Å². The lowest BCUT2D eigenvalue weighted by Gasteiger charge is -2.10. The number of hydrogen-bond acceptors (Lipinski definition) is 4. The van der Waals surface area contributed by atoms with Gasteiger partial charge in [0.25, 0.3) is 0 Å². The van der Waals surface area contributed by atoms with Crippen LogP contribution in [0.5, 0.6) is 0 Å². The molecule has 3 aromatic rings. The van der Waals surface area contributed by atoms with Gasteiger partial charge in [0.05, 0.1) is 11.4 Å². The van der Waals surface area contributed by atoms with E-state index in [1.807, 2.05) is 19.2 Å². The molecule has 1 aliphatic rings. The number of benzene rings is 3. The van der Waals surface area contributed by atoms with Crippen molar-refractivity contribution in [1.82, 2.24) is 0 Å². The second-order valence-corrected chi connectivity index (χ2v) is 7.37. The number of rotatable bonds is 5. The van der Waals surface area contributed by atoms with Gasteiger partial charge in [-0.1, -0.05) is 17.7 Å². The molecule has 150 valence electrons. The van der Waals surface area contributed by atoms with Gasteiger partial charge in [-0.05, 0) is 92.6 Å². The fourth-order valence-electron chi connectivity index (χ4n) is 3.26. The first-order chi connectivity index (χ1) is 14.7. The zero-order chi connectivity index (χ0) is 20.8. The number of nitrogens with one attached hydrogen (secondary N) is 2. The molecule has 0 atom stereocenters. The molecular weight excluding hydrogens is 368 g/mol. The third-order valence-corrected chi connectivity index (χ3v) is 5.01. The van der Waals surface area contributed by atoms with Gasteiger partial charge in [0.2, 0.25) is 0 Å². The summed E-state index contributed by atoms with van der Waals surface area (Å²) in [6.07, 6.45) is 5.96. The molecule has 4 rings (SSSR count). The van der Waals surface area contributed by atoms with Gasteiger partial charge in [-0.25, -0.2) is 0 Å². The van der Waals surface area contributed by atoms with Crippen LogP contribution in [-0.2, 0) is 0 Å². The van der Waals surface area contributed by atoms with Crippen LogP contribution in [0.2, 0.25) is 0 Å². The molecule has 30 heavy (non-hydrogen) atoms. The monoisotopic (exact) mass is 394 g/mol. The largest absolute Gasteiger partial charge is 0.388 e. The molecule has 1 aliphatic carbocycles. The number of aryl methyl sites for hydroxylation is 1. The first-order valence-corrected chi connectivity index (χ1v) is 10.2. The van der Waals surface area contributed by atoms with Crippen LogP contribution in [0, 0.1) is 6.92 Å². The van der Waals surface area contributed by atoms with E-state index in [4.69, 9.17) is 9.98 Å². The predicted octanol–water partition coefficient (Wildman–Crippen LogP) is 6.98. The lowest BCUT2D eigenvalue weighted by atomic mass is 10.0. The summed E-state index contributed by atoms with van der Waals surface area (Å²) in [6.45, 7) is 2.09. The Kier molecular flexibility index (Phi) is 6.04. The van der Waals surface area contributed by atoms with Crippen molar-refractivity contribution >= 4 is 39.9 Å². The summed E-state index contributed by atoms with van der Waals surface area (Å²) >= 11 is 0. The van der Waals surface area contributed by atoms with Crippen molar-refractivity contribution in [3.05, 3.63) is 90.5 Å². The highest BCUT2D eigenvalue weighted by atomic mass is 14.9. The van der Waals surface area contributed by atoms with E-state index in [0.29, 0.717) is 0 Å². The van der Waals surface area contributed by atoms with Crippen LogP contribution in [0.15, 0.2) is 94.9 Å². The summed E-state index contributed by atoms with van der Waals surface area (Å²) in [4.78, 5) is 9.51. The van der Waals surface area contributed by atoms with E-state index in [1.165, 1.54) is 5.56 Å². The topological polar surface area (TPSA) is 48.8 Å². The standard InChI is InChI=1S/C26H26N4/c1-19-3-5-21(6-4-19)28-23-11-13-25(14-12-23)30-26-17-15-24(16-18-26)29-22-9-7-20(27-2)8-10-22/h3-11,13,15-18,27,29H,12,14H2,1-2H3/b28-23-,30-25+. The van der Waals surface area contributed by atoms with Gasteiger partial charge in [-0.3, -0.25) is 9.98 Å². The quantitative estimate of drug-likeness (QED) is 0.490. The van der Waals surface area contributed by atoms with E-state index in [-0.39, 0.29) is 0 Å². The van der Waals surface area contributed by atoms with E-state index in [2.05, 4.69) is 90.4 Å².